The number of hydrogen-bond acceptors (Lipinski definition) is 4. The molecule has 2 rings (SSSR count). The Morgan fingerprint density at radius 2 is 2.32 bits per heavy atom. The van der Waals surface area contributed by atoms with Gasteiger partial charge in [0, 0.05) is 44.6 Å². The van der Waals surface area contributed by atoms with Crippen LogP contribution in [0.15, 0.2) is 11.4 Å². The van der Waals surface area contributed by atoms with Crippen LogP contribution in [-0.2, 0) is 4.79 Å². The monoisotopic (exact) mass is 281 g/mol. The highest BCUT2D eigenvalue weighted by atomic mass is 32.1. The summed E-state index contributed by atoms with van der Waals surface area (Å²) in [5.74, 6) is 0.188. The van der Waals surface area contributed by atoms with E-state index in [-0.39, 0.29) is 11.9 Å². The minimum absolute atomic E-state index is 0.0553. The number of nitrogens with zero attached hydrogens (tertiary/aromatic N) is 2. The van der Waals surface area contributed by atoms with Gasteiger partial charge in [-0.25, -0.2) is 0 Å². The van der Waals surface area contributed by atoms with Gasteiger partial charge in [-0.3, -0.25) is 9.69 Å². The van der Waals surface area contributed by atoms with Crippen LogP contribution in [-0.4, -0.2) is 55.5 Å². The van der Waals surface area contributed by atoms with Gasteiger partial charge in [0.2, 0.25) is 5.91 Å². The van der Waals surface area contributed by atoms with Crippen molar-refractivity contribution in [2.24, 2.45) is 0 Å². The third-order valence-corrected chi connectivity index (χ3v) is 4.98. The van der Waals surface area contributed by atoms with Crippen LogP contribution in [0.5, 0.6) is 0 Å². The average Bonchev–Trinajstić information content (AvgIpc) is 2.83. The highest BCUT2D eigenvalue weighted by Crippen LogP contribution is 2.30. The largest absolute Gasteiger partial charge is 0.347 e. The third kappa shape index (κ3) is 2.99. The summed E-state index contributed by atoms with van der Waals surface area (Å²) >= 11 is 1.79. The molecule has 1 amide bonds. The summed E-state index contributed by atoms with van der Waals surface area (Å²) < 4.78 is 0. The molecule has 1 aromatic heterocycles. The van der Waals surface area contributed by atoms with Crippen LogP contribution in [0, 0.1) is 6.92 Å². The number of piperazine rings is 1. The fourth-order valence-electron chi connectivity index (χ4n) is 2.67. The Balaban J connectivity index is 2.20. The first-order chi connectivity index (χ1) is 9.02. The summed E-state index contributed by atoms with van der Waals surface area (Å²) in [6, 6.07) is 2.40. The number of carbonyl (C=O) groups is 1. The number of likely N-dealkylation sites (N-methyl/N-ethyl adjacent to an activating group) is 1. The van der Waals surface area contributed by atoms with Crippen LogP contribution in [0.1, 0.15) is 23.4 Å². The van der Waals surface area contributed by atoms with Crippen LogP contribution in [0.3, 0.4) is 0 Å². The minimum Gasteiger partial charge on any atom is -0.347 e. The number of rotatable bonds is 3. The lowest BCUT2D eigenvalue weighted by atomic mass is 10.1. The Morgan fingerprint density at radius 1 is 1.58 bits per heavy atom. The van der Waals surface area contributed by atoms with E-state index < -0.39 is 0 Å². The highest BCUT2D eigenvalue weighted by molar-refractivity contribution is 7.10. The normalized spacial score (nSPS) is 22.2. The minimum atomic E-state index is -0.0553. The fraction of sp³-hybridized carbons (Fsp3) is 0.643. The molecule has 1 saturated heterocycles. The van der Waals surface area contributed by atoms with Gasteiger partial charge in [-0.15, -0.1) is 11.3 Å². The maximum atomic E-state index is 12.3. The van der Waals surface area contributed by atoms with Crippen LogP contribution < -0.4 is 5.32 Å². The van der Waals surface area contributed by atoms with Crippen molar-refractivity contribution in [3.63, 3.8) is 0 Å². The summed E-state index contributed by atoms with van der Waals surface area (Å²) in [5, 5.41) is 5.46. The SMILES string of the molecule is Cc1ccsc1C(C)N1CCNCC1C(=O)N(C)C. The van der Waals surface area contributed by atoms with Crippen molar-refractivity contribution >= 4 is 17.2 Å². The van der Waals surface area contributed by atoms with E-state index in [4.69, 9.17) is 0 Å². The third-order valence-electron chi connectivity index (χ3n) is 3.79. The molecule has 1 aromatic rings. The summed E-state index contributed by atoms with van der Waals surface area (Å²) in [6.07, 6.45) is 0. The van der Waals surface area contributed by atoms with Gasteiger partial charge < -0.3 is 10.2 Å². The number of hydrogen-bond donors (Lipinski definition) is 1. The molecule has 0 aliphatic carbocycles. The van der Waals surface area contributed by atoms with Crippen molar-refractivity contribution in [1.82, 2.24) is 15.1 Å². The van der Waals surface area contributed by atoms with Gasteiger partial charge in [0.15, 0.2) is 0 Å². The first-order valence-electron chi connectivity index (χ1n) is 6.74. The number of amides is 1. The average molecular weight is 281 g/mol. The lowest BCUT2D eigenvalue weighted by Gasteiger charge is -2.40. The van der Waals surface area contributed by atoms with Crippen molar-refractivity contribution in [2.75, 3.05) is 33.7 Å². The fourth-order valence-corrected chi connectivity index (χ4v) is 3.68. The van der Waals surface area contributed by atoms with Crippen LogP contribution in [0.4, 0.5) is 0 Å². The molecule has 4 nitrogen and oxygen atoms in total. The van der Waals surface area contributed by atoms with E-state index in [9.17, 15) is 4.79 Å². The Labute approximate surface area is 119 Å². The van der Waals surface area contributed by atoms with Gasteiger partial charge in [-0.05, 0) is 30.9 Å². The zero-order valence-corrected chi connectivity index (χ0v) is 13.0. The molecule has 2 atom stereocenters. The van der Waals surface area contributed by atoms with Gasteiger partial charge in [0.1, 0.15) is 6.04 Å². The van der Waals surface area contributed by atoms with Gasteiger partial charge in [-0.1, -0.05) is 0 Å². The van der Waals surface area contributed by atoms with Crippen molar-refractivity contribution < 1.29 is 4.79 Å². The lowest BCUT2D eigenvalue weighted by Crippen LogP contribution is -2.58. The van der Waals surface area contributed by atoms with Crippen molar-refractivity contribution in [3.05, 3.63) is 21.9 Å². The van der Waals surface area contributed by atoms with E-state index in [0.717, 1.165) is 19.6 Å². The smallest absolute Gasteiger partial charge is 0.240 e. The number of carbonyl (C=O) groups excluding carboxylic acids is 1. The molecule has 19 heavy (non-hydrogen) atoms. The van der Waals surface area contributed by atoms with E-state index in [2.05, 4.69) is 35.5 Å². The second-order valence-corrected chi connectivity index (χ2v) is 6.28. The topological polar surface area (TPSA) is 35.6 Å². The van der Waals surface area contributed by atoms with Crippen LogP contribution >= 0.6 is 11.3 Å². The molecule has 1 N–H and O–H groups in total. The molecule has 0 saturated carbocycles. The molecule has 106 valence electrons. The summed E-state index contributed by atoms with van der Waals surface area (Å²) in [4.78, 5) is 17.7. The number of nitrogens with one attached hydrogen (secondary N) is 1. The van der Waals surface area contributed by atoms with E-state index in [1.807, 2.05) is 14.1 Å². The molecule has 0 spiro atoms. The standard InChI is InChI=1S/C14H23N3OS/c1-10-5-8-19-13(10)11(2)17-7-6-15-9-12(17)14(18)16(3)4/h5,8,11-12,15H,6-7,9H2,1-4H3. The quantitative estimate of drug-likeness (QED) is 0.911. The first kappa shape index (κ1) is 14.5. The van der Waals surface area contributed by atoms with Crippen LogP contribution in [0.2, 0.25) is 0 Å². The number of aryl methyl sites for hydroxylation is 1. The zero-order valence-electron chi connectivity index (χ0n) is 12.1. The highest BCUT2D eigenvalue weighted by Gasteiger charge is 2.33. The Morgan fingerprint density at radius 3 is 2.89 bits per heavy atom. The Hall–Kier alpha value is -0.910. The molecule has 5 heteroatoms. The summed E-state index contributed by atoms with van der Waals surface area (Å²) in [6.45, 7) is 6.97. The Kier molecular flexibility index (Phi) is 4.60. The van der Waals surface area contributed by atoms with Crippen molar-refractivity contribution in [3.8, 4) is 0 Å². The molecule has 2 heterocycles. The molecule has 1 aliphatic rings. The van der Waals surface area contributed by atoms with Gasteiger partial charge >= 0.3 is 0 Å². The van der Waals surface area contributed by atoms with Crippen molar-refractivity contribution in [2.45, 2.75) is 25.9 Å². The van der Waals surface area contributed by atoms with E-state index in [0.29, 0.717) is 6.04 Å². The van der Waals surface area contributed by atoms with Crippen LogP contribution in [0.25, 0.3) is 0 Å². The predicted octanol–water partition coefficient (Wildman–Crippen LogP) is 1.48. The second-order valence-electron chi connectivity index (χ2n) is 5.33. The van der Waals surface area contributed by atoms with E-state index in [1.54, 1.807) is 16.2 Å². The second kappa shape index (κ2) is 6.03. The molecule has 0 bridgehead atoms. The Bertz CT molecular complexity index is 444. The zero-order chi connectivity index (χ0) is 14.0. The summed E-state index contributed by atoms with van der Waals surface area (Å²) in [7, 11) is 3.66. The van der Waals surface area contributed by atoms with Gasteiger partial charge in [0.25, 0.3) is 0 Å². The van der Waals surface area contributed by atoms with Crippen molar-refractivity contribution in [1.29, 1.82) is 0 Å². The maximum Gasteiger partial charge on any atom is 0.240 e. The maximum absolute atomic E-state index is 12.3. The molecule has 0 radical (unpaired) electrons. The molecular weight excluding hydrogens is 258 g/mol. The molecule has 1 fully saturated rings. The van der Waals surface area contributed by atoms with Gasteiger partial charge in [-0.2, -0.15) is 0 Å². The molecular formula is C14H23N3OS. The van der Waals surface area contributed by atoms with Gasteiger partial charge in [0.05, 0.1) is 0 Å². The van der Waals surface area contributed by atoms with E-state index >= 15 is 0 Å². The summed E-state index contributed by atoms with van der Waals surface area (Å²) in [5.41, 5.74) is 1.33. The molecule has 1 aliphatic heterocycles. The molecule has 2 unspecified atom stereocenters. The van der Waals surface area contributed by atoms with E-state index in [1.165, 1.54) is 10.4 Å². The number of thiophene rings is 1. The molecule has 0 aromatic carbocycles. The first-order valence-corrected chi connectivity index (χ1v) is 7.62. The lowest BCUT2D eigenvalue weighted by molar-refractivity contribution is -0.136. The predicted molar refractivity (Wildman–Crippen MR) is 79.5 cm³/mol.